The van der Waals surface area contributed by atoms with Crippen LogP contribution < -0.4 is 10.7 Å². The summed E-state index contributed by atoms with van der Waals surface area (Å²) in [7, 11) is 0. The molecule has 7 heteroatoms. The lowest BCUT2D eigenvalue weighted by Crippen LogP contribution is -2.18. The van der Waals surface area contributed by atoms with Gasteiger partial charge in [0.2, 0.25) is 11.3 Å². The predicted octanol–water partition coefficient (Wildman–Crippen LogP) is 3.38. The number of unbranched alkanes of at least 4 members (excludes halogenated alkanes) is 1. The number of fused-ring (bicyclic) bond motifs is 1. The second-order valence-electron chi connectivity index (χ2n) is 6.61. The van der Waals surface area contributed by atoms with Gasteiger partial charge in [-0.3, -0.25) is 14.3 Å². The highest BCUT2D eigenvalue weighted by atomic mass is 16.5. The Hall–Kier alpha value is -3.48. The number of carbonyl (C=O) groups is 2. The molecule has 0 atom stereocenters. The number of anilines is 1. The van der Waals surface area contributed by atoms with Gasteiger partial charge >= 0.3 is 5.97 Å². The van der Waals surface area contributed by atoms with Crippen molar-refractivity contribution in [3.63, 3.8) is 0 Å². The topological polar surface area (TPSA) is 90.3 Å². The van der Waals surface area contributed by atoms with E-state index < -0.39 is 0 Å². The molecule has 0 fully saturated rings. The van der Waals surface area contributed by atoms with Crippen molar-refractivity contribution in [1.82, 2.24) is 9.78 Å². The lowest BCUT2D eigenvalue weighted by molar-refractivity contribution is -0.116. The molecule has 1 heterocycles. The van der Waals surface area contributed by atoms with Crippen molar-refractivity contribution in [2.45, 2.75) is 32.7 Å². The fourth-order valence-electron chi connectivity index (χ4n) is 2.85. The first kappa shape index (κ1) is 20.3. The second kappa shape index (κ2) is 9.64. The number of benzene rings is 2. The Morgan fingerprint density at radius 2 is 1.86 bits per heavy atom. The Morgan fingerprint density at radius 3 is 2.62 bits per heavy atom. The van der Waals surface area contributed by atoms with Crippen LogP contribution in [0.2, 0.25) is 0 Å². The number of aromatic nitrogens is 2. The molecule has 0 saturated heterocycles. The molecular weight excluding hydrogens is 370 g/mol. The van der Waals surface area contributed by atoms with E-state index in [9.17, 15) is 14.4 Å². The summed E-state index contributed by atoms with van der Waals surface area (Å²) < 4.78 is 6.81. The number of para-hydroxylation sites is 1. The quantitative estimate of drug-likeness (QED) is 0.468. The fourth-order valence-corrected chi connectivity index (χ4v) is 2.85. The van der Waals surface area contributed by atoms with Crippen molar-refractivity contribution in [3.05, 3.63) is 70.5 Å². The smallest absolute Gasteiger partial charge is 0.338 e. The molecule has 150 valence electrons. The average molecular weight is 393 g/mol. The summed E-state index contributed by atoms with van der Waals surface area (Å²) in [6.07, 6.45) is 3.25. The van der Waals surface area contributed by atoms with Crippen LogP contribution in [0.1, 0.15) is 36.5 Å². The zero-order chi connectivity index (χ0) is 20.6. The highest BCUT2D eigenvalue weighted by Crippen LogP contribution is 2.12. The molecule has 2 aromatic carbocycles. The van der Waals surface area contributed by atoms with Gasteiger partial charge < -0.3 is 10.1 Å². The normalized spacial score (nSPS) is 10.7. The zero-order valence-corrected chi connectivity index (χ0v) is 16.3. The van der Waals surface area contributed by atoms with Gasteiger partial charge in [0, 0.05) is 17.5 Å². The summed E-state index contributed by atoms with van der Waals surface area (Å²) >= 11 is 0. The van der Waals surface area contributed by atoms with E-state index in [0.29, 0.717) is 35.3 Å². The van der Waals surface area contributed by atoms with E-state index in [-0.39, 0.29) is 23.7 Å². The Labute approximate surface area is 168 Å². The Balaban J connectivity index is 1.57. The highest BCUT2D eigenvalue weighted by Gasteiger charge is 2.09. The predicted molar refractivity (Wildman–Crippen MR) is 111 cm³/mol. The van der Waals surface area contributed by atoms with Gasteiger partial charge in [0.05, 0.1) is 30.4 Å². The average Bonchev–Trinajstić information content (AvgIpc) is 2.74. The number of nitrogens with one attached hydrogen (secondary N) is 1. The maximum atomic E-state index is 12.3. The van der Waals surface area contributed by atoms with Crippen LogP contribution >= 0.6 is 0 Å². The number of ether oxygens (including phenoxy) is 1. The summed E-state index contributed by atoms with van der Waals surface area (Å²) in [6.45, 7) is 2.78. The Kier molecular flexibility index (Phi) is 6.73. The van der Waals surface area contributed by atoms with Crippen molar-refractivity contribution in [2.24, 2.45) is 0 Å². The molecule has 1 N–H and O–H groups in total. The summed E-state index contributed by atoms with van der Waals surface area (Å²) in [4.78, 5) is 36.0. The van der Waals surface area contributed by atoms with E-state index in [1.807, 2.05) is 13.0 Å². The Bertz CT molecular complexity index is 1060. The van der Waals surface area contributed by atoms with Crippen LogP contribution in [0.4, 0.5) is 5.69 Å². The van der Waals surface area contributed by atoms with Crippen molar-refractivity contribution in [1.29, 1.82) is 0 Å². The third-order valence-electron chi connectivity index (χ3n) is 4.45. The van der Waals surface area contributed by atoms with Crippen LogP contribution in [0.25, 0.3) is 10.9 Å². The number of esters is 1. The maximum absolute atomic E-state index is 12.3. The van der Waals surface area contributed by atoms with Crippen molar-refractivity contribution >= 4 is 28.5 Å². The molecule has 3 aromatic rings. The molecule has 0 unspecified atom stereocenters. The maximum Gasteiger partial charge on any atom is 0.338 e. The molecule has 0 bridgehead atoms. The number of amides is 1. The molecule has 0 aliphatic carbocycles. The first-order valence-electron chi connectivity index (χ1n) is 9.60. The van der Waals surface area contributed by atoms with Gasteiger partial charge in [-0.05, 0) is 42.8 Å². The lowest BCUT2D eigenvalue weighted by Gasteiger charge is -2.10. The van der Waals surface area contributed by atoms with Crippen molar-refractivity contribution < 1.29 is 14.3 Å². The number of aryl methyl sites for hydroxylation is 1. The minimum absolute atomic E-state index is 0.144. The largest absolute Gasteiger partial charge is 0.462 e. The number of carbonyl (C=O) groups excluding carboxylic acids is 2. The summed E-state index contributed by atoms with van der Waals surface area (Å²) in [5.41, 5.74) is 1.59. The molecule has 0 aliphatic rings. The van der Waals surface area contributed by atoms with Crippen molar-refractivity contribution in [2.75, 3.05) is 11.9 Å². The van der Waals surface area contributed by atoms with Crippen molar-refractivity contribution in [3.8, 4) is 0 Å². The summed E-state index contributed by atoms with van der Waals surface area (Å²) in [5.74, 6) is -0.555. The third kappa shape index (κ3) is 5.28. The molecule has 0 radical (unpaired) electrons. The first-order chi connectivity index (χ1) is 14.1. The first-order valence-corrected chi connectivity index (χ1v) is 9.60. The molecule has 0 spiro atoms. The van der Waals surface area contributed by atoms with Gasteiger partial charge in [0.15, 0.2) is 0 Å². The number of hydrogen-bond donors (Lipinski definition) is 1. The van der Waals surface area contributed by atoms with E-state index in [1.165, 1.54) is 6.20 Å². The van der Waals surface area contributed by atoms with E-state index in [2.05, 4.69) is 10.4 Å². The number of hydrogen-bond acceptors (Lipinski definition) is 5. The molecule has 3 rings (SSSR count). The number of nitrogens with zero attached hydrogens (tertiary/aromatic N) is 2. The van der Waals surface area contributed by atoms with Gasteiger partial charge in [-0.1, -0.05) is 25.5 Å². The van der Waals surface area contributed by atoms with Crippen LogP contribution in [0.5, 0.6) is 0 Å². The third-order valence-corrected chi connectivity index (χ3v) is 4.45. The van der Waals surface area contributed by atoms with Crippen LogP contribution in [-0.2, 0) is 16.1 Å². The van der Waals surface area contributed by atoms with Crippen LogP contribution in [0.15, 0.2) is 59.5 Å². The second-order valence-corrected chi connectivity index (χ2v) is 6.61. The van der Waals surface area contributed by atoms with Gasteiger partial charge in [-0.2, -0.15) is 5.10 Å². The van der Waals surface area contributed by atoms with Gasteiger partial charge in [-0.15, -0.1) is 0 Å². The van der Waals surface area contributed by atoms with Crippen LogP contribution in [0, 0.1) is 0 Å². The van der Waals surface area contributed by atoms with Crippen LogP contribution in [0.3, 0.4) is 0 Å². The SMILES string of the molecule is CCCCOC(=O)c1ccc(NC(=O)CCn2ncc(=O)c3ccccc32)cc1. The molecule has 1 amide bonds. The van der Waals surface area contributed by atoms with E-state index >= 15 is 0 Å². The standard InChI is InChI=1S/C22H23N3O4/c1-2-3-14-29-22(28)16-8-10-17(11-9-16)24-21(27)12-13-25-19-7-5-4-6-18(19)20(26)15-23-25/h4-11,15H,2-3,12-14H2,1H3,(H,24,27). The summed E-state index contributed by atoms with van der Waals surface area (Å²) in [6, 6.07) is 13.8. The van der Waals surface area contributed by atoms with E-state index in [1.54, 1.807) is 47.1 Å². The van der Waals surface area contributed by atoms with Gasteiger partial charge in [-0.25, -0.2) is 4.79 Å². The molecule has 1 aromatic heterocycles. The Morgan fingerprint density at radius 1 is 1.10 bits per heavy atom. The molecular formula is C22H23N3O4. The molecule has 29 heavy (non-hydrogen) atoms. The van der Waals surface area contributed by atoms with E-state index in [0.717, 1.165) is 12.8 Å². The zero-order valence-electron chi connectivity index (χ0n) is 16.3. The van der Waals surface area contributed by atoms with Gasteiger partial charge in [0.1, 0.15) is 0 Å². The van der Waals surface area contributed by atoms with Gasteiger partial charge in [0.25, 0.3) is 0 Å². The molecule has 0 aliphatic heterocycles. The monoisotopic (exact) mass is 393 g/mol. The lowest BCUT2D eigenvalue weighted by atomic mass is 10.2. The fraction of sp³-hybridized carbons (Fsp3) is 0.273. The minimum atomic E-state index is -0.368. The van der Waals surface area contributed by atoms with E-state index in [4.69, 9.17) is 4.74 Å². The molecule has 0 saturated carbocycles. The molecule has 7 nitrogen and oxygen atoms in total. The van der Waals surface area contributed by atoms with Crippen LogP contribution in [-0.4, -0.2) is 28.3 Å². The minimum Gasteiger partial charge on any atom is -0.462 e. The number of rotatable bonds is 8. The highest BCUT2D eigenvalue weighted by molar-refractivity contribution is 5.93. The summed E-state index contributed by atoms with van der Waals surface area (Å²) in [5, 5.41) is 7.49.